The first kappa shape index (κ1) is 24.3. The van der Waals surface area contributed by atoms with Crippen LogP contribution in [0, 0.1) is 26.7 Å². The molecule has 174 valence electrons. The molecule has 3 unspecified atom stereocenters. The molecule has 0 spiro atoms. The molecule has 1 fully saturated rings. The highest BCUT2D eigenvalue weighted by molar-refractivity contribution is 6.31. The highest BCUT2D eigenvalue weighted by Gasteiger charge is 2.29. The Morgan fingerprint density at radius 1 is 1.19 bits per heavy atom. The van der Waals surface area contributed by atoms with Crippen LogP contribution < -0.4 is 16.2 Å². The van der Waals surface area contributed by atoms with Crippen molar-refractivity contribution in [1.82, 2.24) is 10.3 Å². The third kappa shape index (κ3) is 5.73. The van der Waals surface area contributed by atoms with Crippen molar-refractivity contribution in [2.45, 2.75) is 79.2 Å². The Bertz CT molecular complexity index is 1040. The number of carbonyl (C=O) groups is 1. The molecule has 1 saturated heterocycles. The molecule has 0 saturated carbocycles. The van der Waals surface area contributed by atoms with Crippen LogP contribution in [0.2, 0.25) is 5.02 Å². The summed E-state index contributed by atoms with van der Waals surface area (Å²) in [5.41, 5.74) is 4.21. The van der Waals surface area contributed by atoms with Gasteiger partial charge in [-0.2, -0.15) is 0 Å². The van der Waals surface area contributed by atoms with Gasteiger partial charge in [0.1, 0.15) is 0 Å². The number of hydrogen-bond acceptors (Lipinski definition) is 4. The molecule has 1 aliphatic rings. The monoisotopic (exact) mass is 459 g/mol. The third-order valence-electron chi connectivity index (χ3n) is 6.36. The number of aryl methyl sites for hydroxylation is 2. The summed E-state index contributed by atoms with van der Waals surface area (Å²) < 4.78 is 5.87. The summed E-state index contributed by atoms with van der Waals surface area (Å²) in [5, 5.41) is 6.95. The van der Waals surface area contributed by atoms with E-state index >= 15 is 0 Å². The predicted octanol–water partition coefficient (Wildman–Crippen LogP) is 4.89. The second-order valence-electron chi connectivity index (χ2n) is 9.17. The Morgan fingerprint density at radius 2 is 1.84 bits per heavy atom. The van der Waals surface area contributed by atoms with Gasteiger partial charge in [0, 0.05) is 40.1 Å². The number of carbonyl (C=O) groups excluding carboxylic acids is 1. The molecule has 3 rings (SSSR count). The third-order valence-corrected chi connectivity index (χ3v) is 6.58. The fourth-order valence-electron chi connectivity index (χ4n) is 4.66. The summed E-state index contributed by atoms with van der Waals surface area (Å²) in [6.45, 7) is 12.2. The molecule has 1 aromatic heterocycles. The fourth-order valence-corrected chi connectivity index (χ4v) is 4.88. The van der Waals surface area contributed by atoms with E-state index < -0.39 is 0 Å². The number of aromatic nitrogens is 1. The molecule has 0 bridgehead atoms. The van der Waals surface area contributed by atoms with Crippen molar-refractivity contribution >= 4 is 23.2 Å². The van der Waals surface area contributed by atoms with Crippen LogP contribution in [0.4, 0.5) is 5.69 Å². The van der Waals surface area contributed by atoms with Gasteiger partial charge in [-0.3, -0.25) is 9.59 Å². The summed E-state index contributed by atoms with van der Waals surface area (Å²) in [6.07, 6.45) is 2.47. The average molecular weight is 460 g/mol. The Hall–Kier alpha value is -2.31. The lowest BCUT2D eigenvalue weighted by Crippen LogP contribution is -2.37. The van der Waals surface area contributed by atoms with Gasteiger partial charge in [-0.25, -0.2) is 0 Å². The van der Waals surface area contributed by atoms with Gasteiger partial charge in [-0.05, 0) is 89.6 Å². The topological polar surface area (TPSA) is 83.2 Å². The number of aromatic amines is 1. The Morgan fingerprint density at radius 3 is 2.47 bits per heavy atom. The molecule has 1 aromatic carbocycles. The molecule has 3 N–H and O–H groups in total. The van der Waals surface area contributed by atoms with Crippen LogP contribution in [0.1, 0.15) is 66.4 Å². The number of pyridine rings is 1. The lowest BCUT2D eigenvalue weighted by Gasteiger charge is -2.36. The SMILES string of the molecule is Cc1cc(C)c(CNC(=O)c2cc(Cl)cc(NC(C)C3CC(C)OC(C)C3)c2C)c(=O)[nH]1. The first-order chi connectivity index (χ1) is 15.0. The van der Waals surface area contributed by atoms with Crippen molar-refractivity contribution in [3.63, 3.8) is 0 Å². The Kier molecular flexibility index (Phi) is 7.67. The molecule has 2 aromatic rings. The van der Waals surface area contributed by atoms with E-state index in [9.17, 15) is 9.59 Å². The summed E-state index contributed by atoms with van der Waals surface area (Å²) in [7, 11) is 0. The van der Waals surface area contributed by atoms with Gasteiger partial charge in [0.2, 0.25) is 0 Å². The highest BCUT2D eigenvalue weighted by Crippen LogP contribution is 2.31. The maximum absolute atomic E-state index is 13.0. The molecule has 1 amide bonds. The average Bonchev–Trinajstić information content (AvgIpc) is 2.68. The number of nitrogens with one attached hydrogen (secondary N) is 3. The van der Waals surface area contributed by atoms with E-state index in [0.29, 0.717) is 22.1 Å². The molecule has 6 nitrogen and oxygen atoms in total. The van der Waals surface area contributed by atoms with Gasteiger partial charge in [-0.15, -0.1) is 0 Å². The zero-order chi connectivity index (χ0) is 23.6. The first-order valence-corrected chi connectivity index (χ1v) is 11.6. The van der Waals surface area contributed by atoms with Crippen LogP contribution in [0.5, 0.6) is 0 Å². The van der Waals surface area contributed by atoms with Crippen molar-refractivity contribution < 1.29 is 9.53 Å². The van der Waals surface area contributed by atoms with E-state index in [1.807, 2.05) is 32.9 Å². The van der Waals surface area contributed by atoms with Crippen LogP contribution in [-0.4, -0.2) is 29.1 Å². The minimum Gasteiger partial charge on any atom is -0.382 e. The standard InChI is InChI=1S/C25H34ClN3O3/c1-13-7-14(2)28-25(31)22(13)12-27-24(30)21-10-20(26)11-23(17(21)5)29-18(6)19-8-15(3)32-16(4)9-19/h7,10-11,15-16,18-19,29H,8-9,12H2,1-6H3,(H,27,30)(H,28,31). The number of hydrogen-bond donors (Lipinski definition) is 3. The van der Waals surface area contributed by atoms with Crippen molar-refractivity contribution in [3.8, 4) is 0 Å². The minimum absolute atomic E-state index is 0.156. The minimum atomic E-state index is -0.256. The van der Waals surface area contributed by atoms with E-state index in [-0.39, 0.29) is 36.3 Å². The second-order valence-corrected chi connectivity index (χ2v) is 9.61. The molecule has 7 heteroatoms. The maximum atomic E-state index is 13.0. The second kappa shape index (κ2) is 10.1. The molecule has 0 aliphatic carbocycles. The quantitative estimate of drug-likeness (QED) is 0.574. The van der Waals surface area contributed by atoms with Crippen molar-refractivity contribution in [2.75, 3.05) is 5.32 Å². The van der Waals surface area contributed by atoms with Crippen LogP contribution in [0.15, 0.2) is 23.0 Å². The molecule has 1 aliphatic heterocycles. The number of ether oxygens (including phenoxy) is 1. The number of amides is 1. The molecule has 3 atom stereocenters. The van der Waals surface area contributed by atoms with Gasteiger partial charge in [0.25, 0.3) is 11.5 Å². The largest absolute Gasteiger partial charge is 0.382 e. The highest BCUT2D eigenvalue weighted by atomic mass is 35.5. The van der Waals surface area contributed by atoms with Gasteiger partial charge >= 0.3 is 0 Å². The molecule has 0 radical (unpaired) electrons. The van der Waals surface area contributed by atoms with Crippen molar-refractivity contribution in [1.29, 1.82) is 0 Å². The van der Waals surface area contributed by atoms with Crippen LogP contribution >= 0.6 is 11.6 Å². The fraction of sp³-hybridized carbons (Fsp3) is 0.520. The van der Waals surface area contributed by atoms with Crippen molar-refractivity contribution in [3.05, 3.63) is 61.5 Å². The summed E-state index contributed by atoms with van der Waals surface area (Å²) >= 11 is 6.37. The predicted molar refractivity (Wildman–Crippen MR) is 130 cm³/mol. The van der Waals surface area contributed by atoms with Gasteiger partial charge < -0.3 is 20.4 Å². The van der Waals surface area contributed by atoms with Gasteiger partial charge in [-0.1, -0.05) is 11.6 Å². The van der Waals surface area contributed by atoms with Crippen molar-refractivity contribution in [2.24, 2.45) is 5.92 Å². The van der Waals surface area contributed by atoms with Gasteiger partial charge in [0.15, 0.2) is 0 Å². The summed E-state index contributed by atoms with van der Waals surface area (Å²) in [6, 6.07) is 5.65. The van der Waals surface area contributed by atoms with Gasteiger partial charge in [0.05, 0.1) is 12.2 Å². The first-order valence-electron chi connectivity index (χ1n) is 11.2. The summed E-state index contributed by atoms with van der Waals surface area (Å²) in [4.78, 5) is 28.0. The molecular weight excluding hydrogens is 426 g/mol. The number of H-pyrrole nitrogens is 1. The Balaban J connectivity index is 1.75. The van der Waals surface area contributed by atoms with E-state index in [1.54, 1.807) is 6.07 Å². The normalized spacial score (nSPS) is 21.8. The zero-order valence-electron chi connectivity index (χ0n) is 19.8. The summed E-state index contributed by atoms with van der Waals surface area (Å²) in [5.74, 6) is 0.217. The lowest BCUT2D eigenvalue weighted by atomic mass is 9.87. The van der Waals surface area contributed by atoms with E-state index in [2.05, 4.69) is 36.4 Å². The van der Waals surface area contributed by atoms with Crippen LogP contribution in [0.25, 0.3) is 0 Å². The van der Waals surface area contributed by atoms with E-state index in [1.165, 1.54) is 0 Å². The lowest BCUT2D eigenvalue weighted by molar-refractivity contribution is -0.0543. The number of anilines is 1. The molecular formula is C25H34ClN3O3. The number of benzene rings is 1. The van der Waals surface area contributed by atoms with E-state index in [4.69, 9.17) is 16.3 Å². The van der Waals surface area contributed by atoms with Crippen LogP contribution in [0.3, 0.4) is 0 Å². The Labute approximate surface area is 195 Å². The molecule has 32 heavy (non-hydrogen) atoms. The zero-order valence-corrected chi connectivity index (χ0v) is 20.5. The molecule has 2 heterocycles. The number of halogens is 1. The number of rotatable bonds is 6. The van der Waals surface area contributed by atoms with Crippen LogP contribution in [-0.2, 0) is 11.3 Å². The van der Waals surface area contributed by atoms with E-state index in [0.717, 1.165) is 35.3 Å². The maximum Gasteiger partial charge on any atom is 0.253 e. The smallest absolute Gasteiger partial charge is 0.253 e.